The van der Waals surface area contributed by atoms with Crippen molar-refractivity contribution in [1.29, 1.82) is 0 Å². The molecule has 0 aliphatic carbocycles. The lowest BCUT2D eigenvalue weighted by Gasteiger charge is -2.09. The van der Waals surface area contributed by atoms with Gasteiger partial charge in [-0.05, 0) is 35.9 Å². The number of hydrogen-bond acceptors (Lipinski definition) is 2. The molecule has 3 nitrogen and oxygen atoms in total. The quantitative estimate of drug-likeness (QED) is 0.803. The number of halogens is 4. The van der Waals surface area contributed by atoms with Crippen molar-refractivity contribution >= 4 is 34.8 Å². The van der Waals surface area contributed by atoms with Crippen LogP contribution < -0.4 is 10.1 Å². The maximum absolute atomic E-state index is 12.3. The second kappa shape index (κ2) is 5.62. The fourth-order valence-electron chi connectivity index (χ4n) is 2.28. The molecule has 0 aromatic heterocycles. The highest BCUT2D eigenvalue weighted by Gasteiger charge is 2.31. The van der Waals surface area contributed by atoms with Crippen molar-refractivity contribution in [2.75, 3.05) is 5.32 Å². The van der Waals surface area contributed by atoms with Gasteiger partial charge in [-0.2, -0.15) is 0 Å². The van der Waals surface area contributed by atoms with Gasteiger partial charge in [-0.15, -0.1) is 13.2 Å². The molecule has 0 fully saturated rings. The van der Waals surface area contributed by atoms with E-state index in [4.69, 9.17) is 11.6 Å². The third-order valence-electron chi connectivity index (χ3n) is 3.17. The molecule has 1 aliphatic heterocycles. The molecule has 0 saturated heterocycles. The fourth-order valence-corrected chi connectivity index (χ4v) is 2.45. The molecule has 0 bridgehead atoms. The summed E-state index contributed by atoms with van der Waals surface area (Å²) in [4.78, 5) is 12.0. The Labute approximate surface area is 134 Å². The molecule has 0 spiro atoms. The minimum atomic E-state index is -4.76. The second-order valence-electron chi connectivity index (χ2n) is 4.82. The van der Waals surface area contributed by atoms with Crippen molar-refractivity contribution in [2.45, 2.75) is 6.36 Å². The van der Waals surface area contributed by atoms with Crippen molar-refractivity contribution < 1.29 is 22.7 Å². The number of anilines is 1. The zero-order valence-corrected chi connectivity index (χ0v) is 12.2. The van der Waals surface area contributed by atoms with Crippen molar-refractivity contribution in [3.05, 3.63) is 58.6 Å². The molecule has 23 heavy (non-hydrogen) atoms. The third-order valence-corrected chi connectivity index (χ3v) is 3.40. The van der Waals surface area contributed by atoms with Crippen LogP contribution in [0.5, 0.6) is 5.75 Å². The average Bonchev–Trinajstić information content (AvgIpc) is 2.73. The first-order valence-corrected chi connectivity index (χ1v) is 6.88. The Hall–Kier alpha value is -2.47. The van der Waals surface area contributed by atoms with Crippen LogP contribution in [0.1, 0.15) is 11.1 Å². The van der Waals surface area contributed by atoms with E-state index in [1.165, 1.54) is 24.3 Å². The molecule has 1 amide bonds. The zero-order chi connectivity index (χ0) is 16.6. The van der Waals surface area contributed by atoms with Gasteiger partial charge >= 0.3 is 6.36 Å². The number of nitrogens with one attached hydrogen (secondary N) is 1. The maximum atomic E-state index is 12.3. The van der Waals surface area contributed by atoms with Gasteiger partial charge in [0.05, 0.1) is 5.69 Å². The molecule has 2 aromatic carbocycles. The van der Waals surface area contributed by atoms with Crippen LogP contribution in [-0.2, 0) is 4.79 Å². The molecule has 3 rings (SSSR count). The minimum Gasteiger partial charge on any atom is -0.406 e. The molecule has 2 aromatic rings. The summed E-state index contributed by atoms with van der Waals surface area (Å²) < 4.78 is 40.7. The summed E-state index contributed by atoms with van der Waals surface area (Å²) in [6.07, 6.45) is -3.27. The summed E-state index contributed by atoms with van der Waals surface area (Å²) in [5.41, 5.74) is 1.97. The Morgan fingerprint density at radius 2 is 1.91 bits per heavy atom. The predicted octanol–water partition coefficient (Wildman–Crippen LogP) is 4.73. The fraction of sp³-hybridized carbons (Fsp3) is 0.0625. The van der Waals surface area contributed by atoms with Crippen molar-refractivity contribution in [3.8, 4) is 5.75 Å². The van der Waals surface area contributed by atoms with Crippen LogP contribution in [0.2, 0.25) is 5.02 Å². The third kappa shape index (κ3) is 3.48. The smallest absolute Gasteiger partial charge is 0.406 e. The van der Waals surface area contributed by atoms with Crippen LogP contribution in [0.25, 0.3) is 11.6 Å². The summed E-state index contributed by atoms with van der Waals surface area (Å²) in [7, 11) is 0. The van der Waals surface area contributed by atoms with E-state index in [9.17, 15) is 18.0 Å². The monoisotopic (exact) mass is 339 g/mol. The Morgan fingerprint density at radius 3 is 2.65 bits per heavy atom. The SMILES string of the molecule is O=C1Nc2cc(Cl)ccc2/C1=C\c1cccc(OC(F)(F)F)c1. The number of amides is 1. The van der Waals surface area contributed by atoms with Crippen LogP contribution >= 0.6 is 11.6 Å². The molecule has 1 aliphatic rings. The lowest BCUT2D eigenvalue weighted by atomic mass is 10.0. The van der Waals surface area contributed by atoms with E-state index in [-0.39, 0.29) is 11.7 Å². The number of carbonyl (C=O) groups excluding carboxylic acids is 1. The molecule has 0 saturated carbocycles. The normalized spacial score (nSPS) is 15.5. The summed E-state index contributed by atoms with van der Waals surface area (Å²) >= 11 is 5.87. The van der Waals surface area contributed by atoms with Crippen molar-refractivity contribution in [1.82, 2.24) is 0 Å². The Morgan fingerprint density at radius 1 is 1.13 bits per heavy atom. The highest BCUT2D eigenvalue weighted by Crippen LogP contribution is 2.35. The first-order valence-electron chi connectivity index (χ1n) is 6.51. The highest BCUT2D eigenvalue weighted by molar-refractivity contribution is 6.36. The predicted molar refractivity (Wildman–Crippen MR) is 81.1 cm³/mol. The molecule has 7 heteroatoms. The number of rotatable bonds is 2. The maximum Gasteiger partial charge on any atom is 0.573 e. The largest absolute Gasteiger partial charge is 0.573 e. The summed E-state index contributed by atoms with van der Waals surface area (Å²) in [6.45, 7) is 0. The first kappa shape index (κ1) is 15.4. The molecule has 1 N–H and O–H groups in total. The topological polar surface area (TPSA) is 38.3 Å². The van der Waals surface area contributed by atoms with Crippen molar-refractivity contribution in [2.24, 2.45) is 0 Å². The molecular weight excluding hydrogens is 331 g/mol. The highest BCUT2D eigenvalue weighted by atomic mass is 35.5. The van der Waals surface area contributed by atoms with Gasteiger partial charge in [-0.1, -0.05) is 29.8 Å². The van der Waals surface area contributed by atoms with Crippen molar-refractivity contribution in [3.63, 3.8) is 0 Å². The lowest BCUT2D eigenvalue weighted by molar-refractivity contribution is -0.274. The van der Waals surface area contributed by atoms with E-state index >= 15 is 0 Å². The number of benzene rings is 2. The number of alkyl halides is 3. The van der Waals surface area contributed by atoms with Crippen LogP contribution in [0.15, 0.2) is 42.5 Å². The lowest BCUT2D eigenvalue weighted by Crippen LogP contribution is -2.17. The van der Waals surface area contributed by atoms with Gasteiger partial charge < -0.3 is 10.1 Å². The summed E-state index contributed by atoms with van der Waals surface area (Å²) in [6, 6.07) is 10.3. The van der Waals surface area contributed by atoms with Gasteiger partial charge in [-0.3, -0.25) is 4.79 Å². The van der Waals surface area contributed by atoms with E-state index < -0.39 is 6.36 Å². The van der Waals surface area contributed by atoms with E-state index in [0.29, 0.717) is 27.4 Å². The minimum absolute atomic E-state index is 0.343. The average molecular weight is 340 g/mol. The van der Waals surface area contributed by atoms with E-state index in [2.05, 4.69) is 10.1 Å². The second-order valence-corrected chi connectivity index (χ2v) is 5.26. The molecule has 0 radical (unpaired) electrons. The van der Waals surface area contributed by atoms with E-state index in [1.807, 2.05) is 0 Å². The van der Waals surface area contributed by atoms with Gasteiger partial charge in [-0.25, -0.2) is 0 Å². The van der Waals surface area contributed by atoms with Gasteiger partial charge in [0.25, 0.3) is 5.91 Å². The van der Waals surface area contributed by atoms with Gasteiger partial charge in [0.2, 0.25) is 0 Å². The zero-order valence-electron chi connectivity index (χ0n) is 11.4. The Bertz CT molecular complexity index is 815. The Kier molecular flexibility index (Phi) is 3.77. The van der Waals surface area contributed by atoms with Gasteiger partial charge in [0.1, 0.15) is 5.75 Å². The Balaban J connectivity index is 1.97. The number of ether oxygens (including phenoxy) is 1. The van der Waals surface area contributed by atoms with Crippen LogP contribution in [0.3, 0.4) is 0 Å². The molecule has 1 heterocycles. The summed E-state index contributed by atoms with van der Waals surface area (Å²) in [5, 5.41) is 3.14. The molecule has 0 atom stereocenters. The first-order chi connectivity index (χ1) is 10.8. The number of hydrogen-bond donors (Lipinski definition) is 1. The van der Waals surface area contributed by atoms with Crippen LogP contribution in [-0.4, -0.2) is 12.3 Å². The van der Waals surface area contributed by atoms with Gasteiger partial charge in [0, 0.05) is 16.2 Å². The van der Waals surface area contributed by atoms with E-state index in [0.717, 1.165) is 0 Å². The standard InChI is InChI=1S/C16H9ClF3NO2/c17-10-4-5-12-13(15(22)21-14(12)8-10)7-9-2-1-3-11(6-9)23-16(18,19)20/h1-8H,(H,21,22)/b13-7+. The molecular formula is C16H9ClF3NO2. The number of carbonyl (C=O) groups is 1. The summed E-state index contributed by atoms with van der Waals surface area (Å²) in [5.74, 6) is -0.689. The molecule has 118 valence electrons. The molecule has 0 unspecified atom stereocenters. The van der Waals surface area contributed by atoms with Gasteiger partial charge in [0.15, 0.2) is 0 Å². The van der Waals surface area contributed by atoms with Crippen LogP contribution in [0, 0.1) is 0 Å². The van der Waals surface area contributed by atoms with E-state index in [1.54, 1.807) is 24.3 Å². The number of fused-ring (bicyclic) bond motifs is 1. The van der Waals surface area contributed by atoms with Crippen LogP contribution in [0.4, 0.5) is 18.9 Å².